The molecule has 2 heteroatoms. The average molecular weight is 243 g/mol. The van der Waals surface area contributed by atoms with Crippen molar-refractivity contribution in [2.75, 3.05) is 6.61 Å². The molecule has 0 heterocycles. The summed E-state index contributed by atoms with van der Waals surface area (Å²) in [5.74, 6) is 3.60. The van der Waals surface area contributed by atoms with Crippen LogP contribution in [0.4, 0.5) is 0 Å². The lowest BCUT2D eigenvalue weighted by molar-refractivity contribution is 0.356. The van der Waals surface area contributed by atoms with E-state index in [9.17, 15) is 0 Å². The Morgan fingerprint density at radius 2 is 2.28 bits per heavy atom. The van der Waals surface area contributed by atoms with E-state index in [0.29, 0.717) is 12.6 Å². The average Bonchev–Trinajstić information content (AvgIpc) is 2.42. The Bertz CT molecular complexity index is 406. The van der Waals surface area contributed by atoms with Gasteiger partial charge in [0.15, 0.2) is 0 Å². The molecule has 0 amide bonds. The Kier molecular flexibility index (Phi) is 6.68. The number of terminal acetylenes is 1. The molecule has 18 heavy (non-hydrogen) atoms. The highest BCUT2D eigenvalue weighted by molar-refractivity contribution is 5.33. The number of hydrogen-bond acceptors (Lipinski definition) is 2. The molecule has 1 atom stereocenters. The lowest BCUT2D eigenvalue weighted by Gasteiger charge is -2.16. The molecule has 1 N–H and O–H groups in total. The SMILES string of the molecule is C#CCC(CC)NCc1ccccc1OCC=C. The van der Waals surface area contributed by atoms with Gasteiger partial charge in [0, 0.05) is 24.6 Å². The Balaban J connectivity index is 2.60. The zero-order chi connectivity index (χ0) is 13.2. The zero-order valence-corrected chi connectivity index (χ0v) is 11.0. The molecule has 2 nitrogen and oxygen atoms in total. The van der Waals surface area contributed by atoms with Crippen LogP contribution in [0.5, 0.6) is 5.75 Å². The summed E-state index contributed by atoms with van der Waals surface area (Å²) < 4.78 is 5.61. The maximum absolute atomic E-state index is 5.61. The van der Waals surface area contributed by atoms with Crippen molar-refractivity contribution in [1.29, 1.82) is 0 Å². The van der Waals surface area contributed by atoms with Crippen LogP contribution in [0.15, 0.2) is 36.9 Å². The van der Waals surface area contributed by atoms with Crippen molar-refractivity contribution in [1.82, 2.24) is 5.32 Å². The summed E-state index contributed by atoms with van der Waals surface area (Å²) in [4.78, 5) is 0. The summed E-state index contributed by atoms with van der Waals surface area (Å²) in [6.45, 7) is 7.09. The Hall–Kier alpha value is -1.72. The maximum Gasteiger partial charge on any atom is 0.124 e. The molecule has 0 bridgehead atoms. The minimum atomic E-state index is 0.363. The minimum Gasteiger partial charge on any atom is -0.489 e. The number of benzene rings is 1. The van der Waals surface area contributed by atoms with Crippen LogP contribution in [0.25, 0.3) is 0 Å². The molecule has 0 aromatic heterocycles. The molecule has 0 fully saturated rings. The molecule has 1 aromatic rings. The zero-order valence-electron chi connectivity index (χ0n) is 11.0. The van der Waals surface area contributed by atoms with Crippen molar-refractivity contribution in [3.63, 3.8) is 0 Å². The van der Waals surface area contributed by atoms with Crippen LogP contribution >= 0.6 is 0 Å². The summed E-state index contributed by atoms with van der Waals surface area (Å²) in [6, 6.07) is 8.39. The Labute approximate surface area is 110 Å². The molecule has 0 spiro atoms. The van der Waals surface area contributed by atoms with Crippen molar-refractivity contribution < 1.29 is 4.74 Å². The normalized spacial score (nSPS) is 11.6. The monoisotopic (exact) mass is 243 g/mol. The fraction of sp³-hybridized carbons (Fsp3) is 0.375. The van der Waals surface area contributed by atoms with Crippen LogP contribution in [-0.2, 0) is 6.54 Å². The van der Waals surface area contributed by atoms with Gasteiger partial charge in [-0.25, -0.2) is 0 Å². The predicted molar refractivity (Wildman–Crippen MR) is 76.5 cm³/mol. The van der Waals surface area contributed by atoms with Gasteiger partial charge in [-0.2, -0.15) is 0 Å². The van der Waals surface area contributed by atoms with E-state index in [1.54, 1.807) is 6.08 Å². The van der Waals surface area contributed by atoms with Crippen molar-refractivity contribution in [3.05, 3.63) is 42.5 Å². The highest BCUT2D eigenvalue weighted by Crippen LogP contribution is 2.18. The van der Waals surface area contributed by atoms with E-state index >= 15 is 0 Å². The number of para-hydroxylation sites is 1. The Morgan fingerprint density at radius 1 is 1.50 bits per heavy atom. The van der Waals surface area contributed by atoms with E-state index < -0.39 is 0 Å². The van der Waals surface area contributed by atoms with Gasteiger partial charge in [-0.3, -0.25) is 0 Å². The first-order chi connectivity index (χ1) is 8.81. The summed E-state index contributed by atoms with van der Waals surface area (Å²) in [5, 5.41) is 3.46. The second-order valence-electron chi connectivity index (χ2n) is 4.10. The molecule has 1 unspecified atom stereocenters. The number of hydrogen-bond donors (Lipinski definition) is 1. The largest absolute Gasteiger partial charge is 0.489 e. The first kappa shape index (κ1) is 14.3. The van der Waals surface area contributed by atoms with Crippen molar-refractivity contribution in [3.8, 4) is 18.1 Å². The highest BCUT2D eigenvalue weighted by atomic mass is 16.5. The van der Waals surface area contributed by atoms with Gasteiger partial charge in [-0.1, -0.05) is 37.8 Å². The predicted octanol–water partition coefficient (Wildman–Crippen LogP) is 3.14. The molecule has 1 rings (SSSR count). The van der Waals surface area contributed by atoms with Gasteiger partial charge >= 0.3 is 0 Å². The molecule has 96 valence electrons. The third-order valence-electron chi connectivity index (χ3n) is 2.77. The van der Waals surface area contributed by atoms with Crippen LogP contribution in [0.3, 0.4) is 0 Å². The molecule has 0 aliphatic carbocycles. The standard InChI is InChI=1S/C16H21NO/c1-4-9-15(6-3)17-13-14-10-7-8-11-16(14)18-12-5-2/h1,5,7-8,10-11,15,17H,2,6,9,12-13H2,3H3. The van der Waals surface area contributed by atoms with E-state index in [0.717, 1.165) is 30.7 Å². The van der Waals surface area contributed by atoms with Gasteiger partial charge in [-0.05, 0) is 12.5 Å². The smallest absolute Gasteiger partial charge is 0.124 e. The first-order valence-electron chi connectivity index (χ1n) is 6.30. The van der Waals surface area contributed by atoms with Crippen LogP contribution in [0, 0.1) is 12.3 Å². The van der Waals surface area contributed by atoms with Gasteiger partial charge in [0.1, 0.15) is 12.4 Å². The summed E-state index contributed by atoms with van der Waals surface area (Å²) >= 11 is 0. The second kappa shape index (κ2) is 8.38. The highest BCUT2D eigenvalue weighted by Gasteiger charge is 2.06. The van der Waals surface area contributed by atoms with E-state index in [4.69, 9.17) is 11.2 Å². The van der Waals surface area contributed by atoms with E-state index in [-0.39, 0.29) is 0 Å². The molecule has 0 radical (unpaired) electrons. The maximum atomic E-state index is 5.61. The summed E-state index contributed by atoms with van der Waals surface area (Å²) in [7, 11) is 0. The third kappa shape index (κ3) is 4.65. The van der Waals surface area contributed by atoms with Gasteiger partial charge in [0.2, 0.25) is 0 Å². The van der Waals surface area contributed by atoms with Gasteiger partial charge < -0.3 is 10.1 Å². The van der Waals surface area contributed by atoms with E-state index in [1.165, 1.54) is 0 Å². The lowest BCUT2D eigenvalue weighted by atomic mass is 10.1. The topological polar surface area (TPSA) is 21.3 Å². The second-order valence-corrected chi connectivity index (χ2v) is 4.10. The number of ether oxygens (including phenoxy) is 1. The Morgan fingerprint density at radius 3 is 2.94 bits per heavy atom. The number of rotatable bonds is 8. The van der Waals surface area contributed by atoms with Crippen molar-refractivity contribution in [2.24, 2.45) is 0 Å². The van der Waals surface area contributed by atoms with Gasteiger partial charge in [0.05, 0.1) is 0 Å². The van der Waals surface area contributed by atoms with E-state index in [2.05, 4.69) is 30.8 Å². The lowest BCUT2D eigenvalue weighted by Crippen LogP contribution is -2.27. The third-order valence-corrected chi connectivity index (χ3v) is 2.77. The van der Waals surface area contributed by atoms with Crippen LogP contribution < -0.4 is 10.1 Å². The molecule has 1 aromatic carbocycles. The number of nitrogens with one attached hydrogen (secondary N) is 1. The van der Waals surface area contributed by atoms with Crippen molar-refractivity contribution in [2.45, 2.75) is 32.4 Å². The minimum absolute atomic E-state index is 0.363. The molecule has 0 aliphatic heterocycles. The van der Waals surface area contributed by atoms with Crippen molar-refractivity contribution >= 4 is 0 Å². The van der Waals surface area contributed by atoms with Crippen LogP contribution in [0.2, 0.25) is 0 Å². The molecule has 0 aliphatic rings. The van der Waals surface area contributed by atoms with Gasteiger partial charge in [-0.15, -0.1) is 12.3 Å². The van der Waals surface area contributed by atoms with Crippen LogP contribution in [0.1, 0.15) is 25.3 Å². The quantitative estimate of drug-likeness (QED) is 0.559. The molecular weight excluding hydrogens is 222 g/mol. The molecule has 0 saturated heterocycles. The van der Waals surface area contributed by atoms with E-state index in [1.807, 2.05) is 18.2 Å². The molecule has 0 saturated carbocycles. The van der Waals surface area contributed by atoms with Crippen LogP contribution in [-0.4, -0.2) is 12.6 Å². The van der Waals surface area contributed by atoms with Gasteiger partial charge in [0.25, 0.3) is 0 Å². The molecular formula is C16H21NO. The fourth-order valence-corrected chi connectivity index (χ4v) is 1.70. The first-order valence-corrected chi connectivity index (χ1v) is 6.30. The fourth-order valence-electron chi connectivity index (χ4n) is 1.70. The summed E-state index contributed by atoms with van der Waals surface area (Å²) in [5.41, 5.74) is 1.15. The summed E-state index contributed by atoms with van der Waals surface area (Å²) in [6.07, 6.45) is 8.88.